The van der Waals surface area contributed by atoms with E-state index in [0.717, 1.165) is 11.3 Å². The number of nitrogens with zero attached hydrogens (tertiary/aromatic N) is 1. The molecule has 1 aromatic rings. The largest absolute Gasteiger partial charge is 0.497 e. The number of hydrogen-bond acceptors (Lipinski definition) is 3. The molecule has 96 valence electrons. The van der Waals surface area contributed by atoms with Gasteiger partial charge in [-0.15, -0.1) is 0 Å². The molecule has 1 atom stereocenters. The zero-order valence-electron chi connectivity index (χ0n) is 10.4. The monoisotopic (exact) mass is 247 g/mol. The summed E-state index contributed by atoms with van der Waals surface area (Å²) in [5.41, 5.74) is 0.919. The van der Waals surface area contributed by atoms with Crippen LogP contribution >= 0.6 is 0 Å². The predicted molar refractivity (Wildman–Crippen MR) is 69.2 cm³/mol. The Hall–Kier alpha value is -1.81. The summed E-state index contributed by atoms with van der Waals surface area (Å²) >= 11 is 0. The number of benzene rings is 1. The van der Waals surface area contributed by atoms with Crippen LogP contribution in [0.3, 0.4) is 0 Å². The van der Waals surface area contributed by atoms with Crippen molar-refractivity contribution < 1.29 is 14.6 Å². The third kappa shape index (κ3) is 3.11. The fourth-order valence-electron chi connectivity index (χ4n) is 1.96. The van der Waals surface area contributed by atoms with Gasteiger partial charge in [0.05, 0.1) is 13.2 Å². The lowest BCUT2D eigenvalue weighted by atomic mass is 10.2. The van der Waals surface area contributed by atoms with Gasteiger partial charge in [-0.1, -0.05) is 12.1 Å². The van der Waals surface area contributed by atoms with Gasteiger partial charge in [-0.05, 0) is 30.2 Å². The molecule has 0 aromatic heterocycles. The van der Waals surface area contributed by atoms with Crippen molar-refractivity contribution in [3.8, 4) is 5.75 Å². The first-order chi connectivity index (χ1) is 8.69. The standard InChI is InChI=1S/C14H17NO3/c1-18-13-4-2-3-11(9-13)5-6-14(17)15-8-7-12(16)10-15/h2-6,9,12,16H,7-8,10H2,1H3/t12-/m0/s1. The molecule has 1 aliphatic rings. The van der Waals surface area contributed by atoms with E-state index in [0.29, 0.717) is 19.5 Å². The van der Waals surface area contributed by atoms with Gasteiger partial charge in [0.25, 0.3) is 0 Å². The van der Waals surface area contributed by atoms with E-state index in [9.17, 15) is 9.90 Å². The van der Waals surface area contributed by atoms with Gasteiger partial charge in [0.15, 0.2) is 0 Å². The number of rotatable bonds is 3. The normalized spacial score (nSPS) is 19.4. The van der Waals surface area contributed by atoms with Crippen LogP contribution in [0.25, 0.3) is 6.08 Å². The average molecular weight is 247 g/mol. The van der Waals surface area contributed by atoms with Crippen molar-refractivity contribution in [3.63, 3.8) is 0 Å². The molecule has 1 aliphatic heterocycles. The van der Waals surface area contributed by atoms with Crippen LogP contribution in [0.2, 0.25) is 0 Å². The maximum Gasteiger partial charge on any atom is 0.246 e. The van der Waals surface area contributed by atoms with E-state index in [1.54, 1.807) is 18.1 Å². The van der Waals surface area contributed by atoms with E-state index in [1.165, 1.54) is 6.08 Å². The summed E-state index contributed by atoms with van der Waals surface area (Å²) in [7, 11) is 1.61. The topological polar surface area (TPSA) is 49.8 Å². The zero-order valence-corrected chi connectivity index (χ0v) is 10.4. The summed E-state index contributed by atoms with van der Waals surface area (Å²) in [6, 6.07) is 7.51. The number of amides is 1. The Kier molecular flexibility index (Phi) is 3.99. The molecule has 1 N–H and O–H groups in total. The smallest absolute Gasteiger partial charge is 0.246 e. The van der Waals surface area contributed by atoms with E-state index in [4.69, 9.17) is 4.74 Å². The Labute approximate surface area is 106 Å². The van der Waals surface area contributed by atoms with Gasteiger partial charge in [-0.3, -0.25) is 4.79 Å². The Morgan fingerprint density at radius 2 is 2.39 bits per heavy atom. The summed E-state index contributed by atoms with van der Waals surface area (Å²) < 4.78 is 5.11. The summed E-state index contributed by atoms with van der Waals surface area (Å²) in [6.07, 6.45) is 3.58. The van der Waals surface area contributed by atoms with Crippen LogP contribution in [0, 0.1) is 0 Å². The fourth-order valence-corrected chi connectivity index (χ4v) is 1.96. The highest BCUT2D eigenvalue weighted by atomic mass is 16.5. The quantitative estimate of drug-likeness (QED) is 0.819. The number of methoxy groups -OCH3 is 1. The first-order valence-corrected chi connectivity index (χ1v) is 5.98. The lowest BCUT2D eigenvalue weighted by Crippen LogP contribution is -2.27. The molecular formula is C14H17NO3. The lowest BCUT2D eigenvalue weighted by molar-refractivity contribution is -0.125. The van der Waals surface area contributed by atoms with Crippen LogP contribution in [-0.4, -0.2) is 42.2 Å². The minimum absolute atomic E-state index is 0.0608. The lowest BCUT2D eigenvalue weighted by Gasteiger charge is -2.12. The van der Waals surface area contributed by atoms with E-state index in [2.05, 4.69) is 0 Å². The molecule has 2 rings (SSSR count). The minimum Gasteiger partial charge on any atom is -0.497 e. The number of ether oxygens (including phenoxy) is 1. The van der Waals surface area contributed by atoms with Crippen molar-refractivity contribution in [2.75, 3.05) is 20.2 Å². The van der Waals surface area contributed by atoms with E-state index in [-0.39, 0.29) is 12.0 Å². The number of hydrogen-bond donors (Lipinski definition) is 1. The Bertz CT molecular complexity index is 456. The van der Waals surface area contributed by atoms with Gasteiger partial charge in [0, 0.05) is 19.2 Å². The highest BCUT2D eigenvalue weighted by Crippen LogP contribution is 2.14. The SMILES string of the molecule is COc1cccc(C=CC(=O)N2CC[C@H](O)C2)c1. The average Bonchev–Trinajstić information content (AvgIpc) is 2.83. The van der Waals surface area contributed by atoms with Gasteiger partial charge >= 0.3 is 0 Å². The second kappa shape index (κ2) is 5.69. The molecule has 0 spiro atoms. The summed E-state index contributed by atoms with van der Waals surface area (Å²) in [4.78, 5) is 13.5. The van der Waals surface area contributed by atoms with Crippen molar-refractivity contribution in [2.45, 2.75) is 12.5 Å². The molecule has 1 fully saturated rings. The number of likely N-dealkylation sites (tertiary alicyclic amines) is 1. The van der Waals surface area contributed by atoms with Crippen LogP contribution < -0.4 is 4.74 Å². The Balaban J connectivity index is 1.99. The maximum absolute atomic E-state index is 11.8. The first-order valence-electron chi connectivity index (χ1n) is 5.98. The number of β-amino-alcohol motifs (C(OH)–C–C–N with tert-alkyl or cyclic N) is 1. The van der Waals surface area contributed by atoms with Crippen molar-refractivity contribution >= 4 is 12.0 Å². The molecule has 1 heterocycles. The van der Waals surface area contributed by atoms with Gasteiger partial charge < -0.3 is 14.7 Å². The molecule has 0 saturated carbocycles. The van der Waals surface area contributed by atoms with Crippen LogP contribution in [0.4, 0.5) is 0 Å². The second-order valence-electron chi connectivity index (χ2n) is 4.34. The second-order valence-corrected chi connectivity index (χ2v) is 4.34. The predicted octanol–water partition coefficient (Wildman–Crippen LogP) is 1.30. The van der Waals surface area contributed by atoms with Crippen molar-refractivity contribution in [1.29, 1.82) is 0 Å². The third-order valence-corrected chi connectivity index (χ3v) is 2.99. The number of aliphatic hydroxyl groups is 1. The molecule has 18 heavy (non-hydrogen) atoms. The van der Waals surface area contributed by atoms with Crippen molar-refractivity contribution in [2.24, 2.45) is 0 Å². The molecule has 1 aromatic carbocycles. The molecule has 0 radical (unpaired) electrons. The summed E-state index contributed by atoms with van der Waals surface area (Å²) in [5, 5.41) is 9.37. The minimum atomic E-state index is -0.376. The Morgan fingerprint density at radius 3 is 3.06 bits per heavy atom. The number of carbonyl (C=O) groups is 1. The van der Waals surface area contributed by atoms with Crippen LogP contribution in [0.1, 0.15) is 12.0 Å². The van der Waals surface area contributed by atoms with Gasteiger partial charge in [0.1, 0.15) is 5.75 Å². The highest BCUT2D eigenvalue weighted by Gasteiger charge is 2.22. The van der Waals surface area contributed by atoms with E-state index < -0.39 is 0 Å². The third-order valence-electron chi connectivity index (χ3n) is 2.99. The molecule has 1 amide bonds. The van der Waals surface area contributed by atoms with Crippen molar-refractivity contribution in [3.05, 3.63) is 35.9 Å². The van der Waals surface area contributed by atoms with E-state index in [1.807, 2.05) is 24.3 Å². The molecule has 0 aliphatic carbocycles. The Morgan fingerprint density at radius 1 is 1.56 bits per heavy atom. The molecular weight excluding hydrogens is 230 g/mol. The van der Waals surface area contributed by atoms with Crippen LogP contribution in [0.5, 0.6) is 5.75 Å². The molecule has 1 saturated heterocycles. The van der Waals surface area contributed by atoms with Gasteiger partial charge in [0.2, 0.25) is 5.91 Å². The summed E-state index contributed by atoms with van der Waals surface area (Å²) in [6.45, 7) is 1.06. The number of carbonyl (C=O) groups excluding carboxylic acids is 1. The van der Waals surface area contributed by atoms with Crippen LogP contribution in [0.15, 0.2) is 30.3 Å². The molecule has 4 heteroatoms. The van der Waals surface area contributed by atoms with Gasteiger partial charge in [-0.2, -0.15) is 0 Å². The first kappa shape index (κ1) is 12.6. The summed E-state index contributed by atoms with van der Waals surface area (Å²) in [5.74, 6) is 0.704. The maximum atomic E-state index is 11.8. The molecule has 0 bridgehead atoms. The number of aliphatic hydroxyl groups excluding tert-OH is 1. The van der Waals surface area contributed by atoms with Crippen LogP contribution in [-0.2, 0) is 4.79 Å². The molecule has 0 unspecified atom stereocenters. The van der Waals surface area contributed by atoms with Gasteiger partial charge in [-0.25, -0.2) is 0 Å². The van der Waals surface area contributed by atoms with Crippen molar-refractivity contribution in [1.82, 2.24) is 4.90 Å². The van der Waals surface area contributed by atoms with E-state index >= 15 is 0 Å². The molecule has 4 nitrogen and oxygen atoms in total. The highest BCUT2D eigenvalue weighted by molar-refractivity contribution is 5.92. The zero-order chi connectivity index (χ0) is 13.0. The fraction of sp³-hybridized carbons (Fsp3) is 0.357.